The molecule has 0 aliphatic rings. The Kier molecular flexibility index (Phi) is 5.28. The number of hydrogen-bond donors (Lipinski definition) is 1. The summed E-state index contributed by atoms with van der Waals surface area (Å²) in [5.74, 6) is -0.965. The largest absolute Gasteiger partial charge is 0.423 e. The molecule has 2 aromatic heterocycles. The van der Waals surface area contributed by atoms with Crippen molar-refractivity contribution < 1.29 is 14.3 Å². The van der Waals surface area contributed by atoms with Crippen LogP contribution in [-0.2, 0) is 0 Å². The average Bonchev–Trinajstić information content (AvgIpc) is 2.75. The summed E-state index contributed by atoms with van der Waals surface area (Å²) < 4.78 is 6.54. The minimum atomic E-state index is -0.821. The number of amides is 1. The molecule has 0 unspecified atom stereocenters. The number of benzene rings is 2. The molecular formula is C22H14ClN3O4. The summed E-state index contributed by atoms with van der Waals surface area (Å²) in [6.45, 7) is 0. The van der Waals surface area contributed by atoms with Gasteiger partial charge < -0.3 is 10.1 Å². The third kappa shape index (κ3) is 3.92. The summed E-state index contributed by atoms with van der Waals surface area (Å²) in [7, 11) is 0. The number of pyridine rings is 1. The Morgan fingerprint density at radius 1 is 0.933 bits per heavy atom. The van der Waals surface area contributed by atoms with Crippen molar-refractivity contribution in [3.63, 3.8) is 0 Å². The molecule has 4 rings (SSSR count). The summed E-state index contributed by atoms with van der Waals surface area (Å²) >= 11 is 6.02. The summed E-state index contributed by atoms with van der Waals surface area (Å²) in [5, 5.41) is 3.06. The van der Waals surface area contributed by atoms with Crippen LogP contribution in [0.25, 0.3) is 5.65 Å². The lowest BCUT2D eigenvalue weighted by atomic mass is 10.2. The number of nitrogens with one attached hydrogen (secondary N) is 1. The monoisotopic (exact) mass is 419 g/mol. The Morgan fingerprint density at radius 2 is 1.67 bits per heavy atom. The van der Waals surface area contributed by atoms with Gasteiger partial charge >= 0.3 is 5.97 Å². The van der Waals surface area contributed by atoms with Gasteiger partial charge in [-0.25, -0.2) is 9.78 Å². The summed E-state index contributed by atoms with van der Waals surface area (Å²) in [6.07, 6.45) is 2.72. The Balaban J connectivity index is 1.48. The molecule has 0 atom stereocenters. The highest BCUT2D eigenvalue weighted by Crippen LogP contribution is 2.20. The van der Waals surface area contributed by atoms with E-state index in [4.69, 9.17) is 16.3 Å². The highest BCUT2D eigenvalue weighted by atomic mass is 35.5. The van der Waals surface area contributed by atoms with Crippen LogP contribution in [0.5, 0.6) is 5.75 Å². The van der Waals surface area contributed by atoms with Crippen LogP contribution in [0.1, 0.15) is 20.7 Å². The first kappa shape index (κ1) is 19.4. The van der Waals surface area contributed by atoms with Gasteiger partial charge in [0.25, 0.3) is 11.5 Å². The zero-order chi connectivity index (χ0) is 21.1. The van der Waals surface area contributed by atoms with Crippen LogP contribution in [0.3, 0.4) is 0 Å². The Hall–Kier alpha value is -3.97. The van der Waals surface area contributed by atoms with Gasteiger partial charge in [0.15, 0.2) is 0 Å². The molecule has 7 nitrogen and oxygen atoms in total. The molecule has 2 heterocycles. The number of nitrogens with zero attached hydrogens (tertiary/aromatic N) is 2. The molecule has 0 bridgehead atoms. The predicted octanol–water partition coefficient (Wildman–Crippen LogP) is 3.82. The van der Waals surface area contributed by atoms with Crippen molar-refractivity contribution in [1.29, 1.82) is 0 Å². The molecule has 0 aliphatic heterocycles. The van der Waals surface area contributed by atoms with Crippen LogP contribution in [-0.4, -0.2) is 21.3 Å². The maximum atomic E-state index is 12.5. The van der Waals surface area contributed by atoms with Crippen LogP contribution in [0.15, 0.2) is 83.9 Å². The van der Waals surface area contributed by atoms with Gasteiger partial charge in [-0.15, -0.1) is 0 Å². The molecule has 2 aromatic carbocycles. The van der Waals surface area contributed by atoms with Gasteiger partial charge in [0.1, 0.15) is 17.0 Å². The molecule has 0 fully saturated rings. The number of esters is 1. The molecule has 0 aliphatic carbocycles. The fraction of sp³-hybridized carbons (Fsp3) is 0. The van der Waals surface area contributed by atoms with Crippen LogP contribution in [0.4, 0.5) is 5.69 Å². The van der Waals surface area contributed by atoms with Crippen molar-refractivity contribution in [2.45, 2.75) is 0 Å². The van der Waals surface area contributed by atoms with Crippen molar-refractivity contribution in [2.75, 3.05) is 5.32 Å². The molecule has 148 valence electrons. The van der Waals surface area contributed by atoms with Gasteiger partial charge in [-0.05, 0) is 48.5 Å². The maximum absolute atomic E-state index is 12.5. The van der Waals surface area contributed by atoms with Gasteiger partial charge in [-0.2, -0.15) is 0 Å². The van der Waals surface area contributed by atoms with Crippen molar-refractivity contribution in [3.8, 4) is 5.75 Å². The Bertz CT molecular complexity index is 1320. The molecule has 0 spiro atoms. The van der Waals surface area contributed by atoms with Crippen LogP contribution >= 0.6 is 11.6 Å². The third-order valence-corrected chi connectivity index (χ3v) is 4.60. The lowest BCUT2D eigenvalue weighted by Gasteiger charge is -2.08. The normalized spacial score (nSPS) is 10.6. The zero-order valence-corrected chi connectivity index (χ0v) is 16.2. The van der Waals surface area contributed by atoms with Crippen molar-refractivity contribution in [3.05, 3.63) is 106 Å². The second kappa shape index (κ2) is 8.18. The molecule has 4 aromatic rings. The van der Waals surface area contributed by atoms with E-state index in [1.54, 1.807) is 54.6 Å². The summed E-state index contributed by atoms with van der Waals surface area (Å²) in [5.41, 5.74) is 0.563. The van der Waals surface area contributed by atoms with E-state index < -0.39 is 11.5 Å². The first-order chi connectivity index (χ1) is 14.5. The number of aromatic nitrogens is 2. The zero-order valence-electron chi connectivity index (χ0n) is 15.4. The minimum absolute atomic E-state index is 0.185. The average molecular weight is 420 g/mol. The molecule has 1 N–H and O–H groups in total. The highest BCUT2D eigenvalue weighted by molar-refractivity contribution is 6.34. The van der Waals surface area contributed by atoms with Crippen LogP contribution in [0.2, 0.25) is 5.02 Å². The number of hydrogen-bond acceptors (Lipinski definition) is 5. The van der Waals surface area contributed by atoms with E-state index in [-0.39, 0.29) is 17.2 Å². The second-order valence-corrected chi connectivity index (χ2v) is 6.66. The molecule has 30 heavy (non-hydrogen) atoms. The van der Waals surface area contributed by atoms with E-state index in [1.807, 2.05) is 0 Å². The highest BCUT2D eigenvalue weighted by Gasteiger charge is 2.16. The Morgan fingerprint density at radius 3 is 2.43 bits per heavy atom. The van der Waals surface area contributed by atoms with Crippen molar-refractivity contribution >= 4 is 34.8 Å². The van der Waals surface area contributed by atoms with Crippen LogP contribution in [0, 0.1) is 0 Å². The molecule has 0 radical (unpaired) electrons. The number of carbonyl (C=O) groups is 2. The number of fused-ring (bicyclic) bond motifs is 1. The van der Waals surface area contributed by atoms with Gasteiger partial charge in [0.2, 0.25) is 0 Å². The van der Waals surface area contributed by atoms with E-state index in [1.165, 1.54) is 28.9 Å². The number of carbonyl (C=O) groups excluding carboxylic acids is 2. The maximum Gasteiger partial charge on any atom is 0.350 e. The number of rotatable bonds is 4. The van der Waals surface area contributed by atoms with E-state index in [0.717, 1.165) is 0 Å². The summed E-state index contributed by atoms with van der Waals surface area (Å²) in [4.78, 5) is 41.3. The van der Waals surface area contributed by atoms with Crippen LogP contribution < -0.4 is 15.6 Å². The first-order valence-electron chi connectivity index (χ1n) is 8.87. The van der Waals surface area contributed by atoms with Gasteiger partial charge in [-0.3, -0.25) is 14.0 Å². The SMILES string of the molecule is O=C(Nc1ccc(OC(=O)c2cnc3ccccn3c2=O)cc1)c1ccccc1Cl. The molecule has 8 heteroatoms. The molecular weight excluding hydrogens is 406 g/mol. The van der Waals surface area contributed by atoms with E-state index in [2.05, 4.69) is 10.3 Å². The van der Waals surface area contributed by atoms with Gasteiger partial charge in [0.05, 0.1) is 10.6 Å². The van der Waals surface area contributed by atoms with E-state index >= 15 is 0 Å². The molecule has 0 saturated carbocycles. The van der Waals surface area contributed by atoms with E-state index in [0.29, 0.717) is 21.9 Å². The second-order valence-electron chi connectivity index (χ2n) is 6.25. The number of ether oxygens (including phenoxy) is 1. The Labute approximate surface area is 175 Å². The molecule has 1 amide bonds. The quantitative estimate of drug-likeness (QED) is 0.401. The van der Waals surface area contributed by atoms with E-state index in [9.17, 15) is 14.4 Å². The van der Waals surface area contributed by atoms with Crippen molar-refractivity contribution in [1.82, 2.24) is 9.38 Å². The lowest BCUT2D eigenvalue weighted by Crippen LogP contribution is -2.25. The van der Waals surface area contributed by atoms with Gasteiger partial charge in [-0.1, -0.05) is 29.8 Å². The van der Waals surface area contributed by atoms with Crippen molar-refractivity contribution in [2.24, 2.45) is 0 Å². The summed E-state index contributed by atoms with van der Waals surface area (Å²) in [6, 6.07) is 17.9. The predicted molar refractivity (Wildman–Crippen MR) is 112 cm³/mol. The smallest absolute Gasteiger partial charge is 0.350 e. The fourth-order valence-electron chi connectivity index (χ4n) is 2.78. The molecule has 0 saturated heterocycles. The fourth-order valence-corrected chi connectivity index (χ4v) is 3.00. The third-order valence-electron chi connectivity index (χ3n) is 4.27. The number of anilines is 1. The van der Waals surface area contributed by atoms with Gasteiger partial charge in [0, 0.05) is 18.1 Å². The lowest BCUT2D eigenvalue weighted by molar-refractivity contribution is 0.0732. The number of halogens is 1. The first-order valence-corrected chi connectivity index (χ1v) is 9.25. The topological polar surface area (TPSA) is 89.8 Å². The standard InChI is InChI=1S/C22H14ClN3O4/c23-18-6-2-1-5-16(18)20(27)25-14-8-10-15(11-9-14)30-22(29)17-13-24-19-7-3-4-12-26(19)21(17)28/h1-13H,(H,25,27). The minimum Gasteiger partial charge on any atom is -0.423 e.